The van der Waals surface area contributed by atoms with Crippen LogP contribution in [0.25, 0.3) is 0 Å². The van der Waals surface area contributed by atoms with Gasteiger partial charge in [-0.05, 0) is 104 Å². The summed E-state index contributed by atoms with van der Waals surface area (Å²) in [6, 6.07) is 2.18. The van der Waals surface area contributed by atoms with E-state index in [0.29, 0.717) is 24.8 Å². The number of aliphatic hydroxyl groups is 2. The van der Waals surface area contributed by atoms with Crippen LogP contribution in [0.3, 0.4) is 0 Å². The van der Waals surface area contributed by atoms with Gasteiger partial charge in [-0.25, -0.2) is 0 Å². The van der Waals surface area contributed by atoms with Crippen molar-refractivity contribution in [1.29, 1.82) is 5.26 Å². The maximum absolute atomic E-state index is 13.9. The van der Waals surface area contributed by atoms with Gasteiger partial charge in [-0.2, -0.15) is 5.26 Å². The molecule has 212 valence electrons. The van der Waals surface area contributed by atoms with Crippen molar-refractivity contribution in [1.82, 2.24) is 5.32 Å². The van der Waals surface area contributed by atoms with Gasteiger partial charge in [0.1, 0.15) is 0 Å². The second-order valence-electron chi connectivity index (χ2n) is 15.8. The lowest BCUT2D eigenvalue weighted by Crippen LogP contribution is -2.66. The molecule has 0 heterocycles. The van der Waals surface area contributed by atoms with Crippen molar-refractivity contribution < 1.29 is 15.0 Å². The first kappa shape index (κ1) is 28.2. The monoisotopic (exact) mass is 524 g/mol. The van der Waals surface area contributed by atoms with Gasteiger partial charge in [0.15, 0.2) is 0 Å². The van der Waals surface area contributed by atoms with E-state index in [-0.39, 0.29) is 45.5 Å². The second kappa shape index (κ2) is 9.07. The largest absolute Gasteiger partial charge is 0.396 e. The zero-order valence-electron chi connectivity index (χ0n) is 24.8. The van der Waals surface area contributed by atoms with E-state index in [1.165, 1.54) is 0 Å². The number of allylic oxidation sites excluding steroid dienone is 2. The molecular formula is C33H52N2O3. The Morgan fingerprint density at radius 1 is 1.03 bits per heavy atom. The lowest BCUT2D eigenvalue weighted by Gasteiger charge is -2.71. The highest BCUT2D eigenvalue weighted by Crippen LogP contribution is 2.75. The lowest BCUT2D eigenvalue weighted by atomic mass is 9.33. The molecule has 5 aliphatic rings. The van der Waals surface area contributed by atoms with Crippen LogP contribution in [0.4, 0.5) is 0 Å². The first-order valence-corrected chi connectivity index (χ1v) is 15.4. The van der Waals surface area contributed by atoms with Gasteiger partial charge in [0.2, 0.25) is 5.91 Å². The number of aliphatic hydroxyl groups excluding tert-OH is 2. The van der Waals surface area contributed by atoms with E-state index in [1.807, 2.05) is 0 Å². The van der Waals surface area contributed by atoms with Gasteiger partial charge in [0, 0.05) is 12.0 Å². The van der Waals surface area contributed by atoms with Crippen LogP contribution in [0.2, 0.25) is 0 Å². The quantitative estimate of drug-likeness (QED) is 0.304. The Bertz CT molecular complexity index is 1050. The summed E-state index contributed by atoms with van der Waals surface area (Å²) >= 11 is 0. The molecule has 5 aliphatic carbocycles. The van der Waals surface area contributed by atoms with Gasteiger partial charge < -0.3 is 15.5 Å². The molecule has 4 fully saturated rings. The Morgan fingerprint density at radius 2 is 1.74 bits per heavy atom. The Labute approximate surface area is 230 Å². The number of nitriles is 1. The average Bonchev–Trinajstić information content (AvgIpc) is 2.86. The zero-order chi connectivity index (χ0) is 27.8. The van der Waals surface area contributed by atoms with Gasteiger partial charge in [0.25, 0.3) is 0 Å². The smallest absolute Gasteiger partial charge is 0.226 e. The van der Waals surface area contributed by atoms with Crippen molar-refractivity contribution in [2.45, 2.75) is 118 Å². The van der Waals surface area contributed by atoms with Crippen LogP contribution in [0.1, 0.15) is 112 Å². The molecule has 0 spiro atoms. The molecule has 5 rings (SSSR count). The standard InChI is InChI=1S/C33H52N2O3/c1-28(2)14-16-33(27(38)35-19-7-18-34)17-15-31(5)22(23(33)20-28)8-9-25-29(3)12-11-26(37)30(4,21-36)24(29)10-13-32(25,31)6/h8,23-26,36-37H,7,9-17,19-21H2,1-6H3,(H,35,38)/t23-,24?,25-,26+,29+,30+,31-,32-,33+/m1/s1. The normalized spacial score (nSPS) is 49.3. The Balaban J connectivity index is 1.55. The molecule has 4 saturated carbocycles. The van der Waals surface area contributed by atoms with E-state index < -0.39 is 11.5 Å². The molecule has 5 nitrogen and oxygen atoms in total. The molecule has 38 heavy (non-hydrogen) atoms. The van der Waals surface area contributed by atoms with Crippen molar-refractivity contribution >= 4 is 5.91 Å². The third kappa shape index (κ3) is 3.64. The Kier molecular flexibility index (Phi) is 6.72. The number of amides is 1. The number of rotatable bonds is 4. The molecule has 0 aliphatic heterocycles. The molecule has 0 aromatic carbocycles. The van der Waals surface area contributed by atoms with Crippen LogP contribution in [-0.4, -0.2) is 35.4 Å². The van der Waals surface area contributed by atoms with Crippen LogP contribution in [0.5, 0.6) is 0 Å². The first-order valence-electron chi connectivity index (χ1n) is 15.4. The SMILES string of the molecule is CC1(C)CC[C@]2(C(=O)NCCC#N)CC[C@]3(C)C(=CC[C@@H]4[C@@]5(C)CC[C@H](O)[C@@](C)(CO)C5CC[C@]43C)[C@H]2C1. The summed E-state index contributed by atoms with van der Waals surface area (Å²) in [4.78, 5) is 13.9. The second-order valence-corrected chi connectivity index (χ2v) is 15.8. The third-order valence-corrected chi connectivity index (χ3v) is 13.7. The summed E-state index contributed by atoms with van der Waals surface area (Å²) in [6.45, 7) is 14.9. The van der Waals surface area contributed by atoms with Gasteiger partial charge in [-0.3, -0.25) is 4.79 Å². The number of carbonyl (C=O) groups excluding carboxylic acids is 1. The summed E-state index contributed by atoms with van der Waals surface area (Å²) in [5.41, 5.74) is 1.23. The predicted molar refractivity (Wildman–Crippen MR) is 150 cm³/mol. The van der Waals surface area contributed by atoms with E-state index in [1.54, 1.807) is 5.57 Å². The molecule has 0 aromatic heterocycles. The number of carbonyl (C=O) groups is 1. The van der Waals surface area contributed by atoms with Crippen LogP contribution < -0.4 is 5.32 Å². The minimum Gasteiger partial charge on any atom is -0.396 e. The molecule has 5 heteroatoms. The average molecular weight is 525 g/mol. The van der Waals surface area contributed by atoms with Crippen LogP contribution in [0, 0.1) is 61.6 Å². The molecule has 0 bridgehead atoms. The molecule has 0 radical (unpaired) electrons. The number of nitrogens with one attached hydrogen (secondary N) is 1. The number of hydrogen-bond donors (Lipinski definition) is 3. The van der Waals surface area contributed by atoms with Crippen molar-refractivity contribution in [3.63, 3.8) is 0 Å². The minimum atomic E-state index is -0.435. The van der Waals surface area contributed by atoms with Gasteiger partial charge in [-0.15, -0.1) is 0 Å². The first-order chi connectivity index (χ1) is 17.7. The van der Waals surface area contributed by atoms with Gasteiger partial charge in [0.05, 0.1) is 30.6 Å². The predicted octanol–water partition coefficient (Wildman–Crippen LogP) is 6.15. The maximum Gasteiger partial charge on any atom is 0.226 e. The van der Waals surface area contributed by atoms with Crippen LogP contribution >= 0.6 is 0 Å². The molecular weight excluding hydrogens is 472 g/mol. The van der Waals surface area contributed by atoms with E-state index in [4.69, 9.17) is 5.26 Å². The van der Waals surface area contributed by atoms with E-state index in [2.05, 4.69) is 59.0 Å². The van der Waals surface area contributed by atoms with E-state index >= 15 is 0 Å². The molecule has 3 N–H and O–H groups in total. The van der Waals surface area contributed by atoms with Crippen LogP contribution in [-0.2, 0) is 4.79 Å². The fourth-order valence-electron chi connectivity index (χ4n) is 11.1. The highest BCUT2D eigenvalue weighted by atomic mass is 16.3. The number of nitrogens with zero attached hydrogens (tertiary/aromatic N) is 1. The molecule has 0 aromatic rings. The molecule has 1 amide bonds. The summed E-state index contributed by atoms with van der Waals surface area (Å²) in [5, 5.41) is 33.7. The van der Waals surface area contributed by atoms with Crippen molar-refractivity contribution in [2.75, 3.05) is 13.2 Å². The van der Waals surface area contributed by atoms with Gasteiger partial charge in [-0.1, -0.05) is 53.2 Å². The minimum absolute atomic E-state index is 0.0457. The molecule has 1 unspecified atom stereocenters. The maximum atomic E-state index is 13.9. The van der Waals surface area contributed by atoms with Crippen LogP contribution in [0.15, 0.2) is 11.6 Å². The van der Waals surface area contributed by atoms with Crippen molar-refractivity contribution in [2.24, 2.45) is 50.2 Å². The highest BCUT2D eigenvalue weighted by molar-refractivity contribution is 5.84. The zero-order valence-corrected chi connectivity index (χ0v) is 24.8. The summed E-state index contributed by atoms with van der Waals surface area (Å²) in [6.07, 6.45) is 12.5. The third-order valence-electron chi connectivity index (χ3n) is 13.7. The number of hydrogen-bond acceptors (Lipinski definition) is 4. The van der Waals surface area contributed by atoms with E-state index in [0.717, 1.165) is 64.2 Å². The fraction of sp³-hybridized carbons (Fsp3) is 0.879. The summed E-state index contributed by atoms with van der Waals surface area (Å²) in [7, 11) is 0. The molecule has 9 atom stereocenters. The Hall–Kier alpha value is -1.38. The Morgan fingerprint density at radius 3 is 2.42 bits per heavy atom. The fourth-order valence-corrected chi connectivity index (χ4v) is 11.1. The summed E-state index contributed by atoms with van der Waals surface area (Å²) in [5.74, 6) is 1.27. The van der Waals surface area contributed by atoms with Gasteiger partial charge >= 0.3 is 0 Å². The summed E-state index contributed by atoms with van der Waals surface area (Å²) < 4.78 is 0. The van der Waals surface area contributed by atoms with Crippen molar-refractivity contribution in [3.05, 3.63) is 11.6 Å². The van der Waals surface area contributed by atoms with E-state index in [9.17, 15) is 15.0 Å². The highest BCUT2D eigenvalue weighted by Gasteiger charge is 2.69. The van der Waals surface area contributed by atoms with Crippen molar-refractivity contribution in [3.8, 4) is 6.07 Å². The number of fused-ring (bicyclic) bond motifs is 7. The molecule has 0 saturated heterocycles. The lowest BCUT2D eigenvalue weighted by molar-refractivity contribution is -0.215. The topological polar surface area (TPSA) is 93.4 Å².